The van der Waals surface area contributed by atoms with E-state index < -0.39 is 0 Å². The lowest BCUT2D eigenvalue weighted by atomic mass is 10.1. The minimum atomic E-state index is 1.07. The van der Waals surface area contributed by atoms with Crippen LogP contribution in [0.15, 0.2) is 54.6 Å². The van der Waals surface area contributed by atoms with E-state index >= 15 is 0 Å². The molecule has 124 valence electrons. The number of aryl methyl sites for hydroxylation is 1. The summed E-state index contributed by atoms with van der Waals surface area (Å²) in [6.45, 7) is 5.54. The van der Waals surface area contributed by atoms with Gasteiger partial charge in [-0.25, -0.2) is 0 Å². The number of nitrogens with zero attached hydrogens (tertiary/aromatic N) is 2. The Kier molecular flexibility index (Phi) is 7.15. The molecule has 0 saturated carbocycles. The summed E-state index contributed by atoms with van der Waals surface area (Å²) in [7, 11) is 4.29. The summed E-state index contributed by atoms with van der Waals surface area (Å²) in [6.07, 6.45) is 3.38. The van der Waals surface area contributed by atoms with Crippen LogP contribution in [0.4, 0.5) is 5.69 Å². The maximum absolute atomic E-state index is 2.54. The first-order chi connectivity index (χ1) is 11.2. The smallest absolute Gasteiger partial charge is 0.0369 e. The molecule has 0 unspecified atom stereocenters. The Morgan fingerprint density at radius 3 is 2.22 bits per heavy atom. The Hall–Kier alpha value is -1.80. The van der Waals surface area contributed by atoms with Crippen molar-refractivity contribution >= 4 is 5.69 Å². The topological polar surface area (TPSA) is 6.48 Å². The fraction of sp³-hybridized carbons (Fsp3) is 0.429. The van der Waals surface area contributed by atoms with Gasteiger partial charge in [0.05, 0.1) is 0 Å². The highest BCUT2D eigenvalue weighted by atomic mass is 15.1. The fourth-order valence-electron chi connectivity index (χ4n) is 2.83. The molecule has 0 bridgehead atoms. The van der Waals surface area contributed by atoms with E-state index in [9.17, 15) is 0 Å². The predicted molar refractivity (Wildman–Crippen MR) is 101 cm³/mol. The first kappa shape index (κ1) is 17.6. The minimum Gasteiger partial charge on any atom is -0.371 e. The number of hydrogen-bond donors (Lipinski definition) is 0. The van der Waals surface area contributed by atoms with Crippen molar-refractivity contribution in [3.8, 4) is 0 Å². The molecular weight excluding hydrogens is 280 g/mol. The standard InChI is InChI=1S/C21H30N2/c1-4-19-12-8-13-21(18-19)23(16-9-15-22(2)3)17-14-20-10-6-5-7-11-20/h5-8,10-13,18H,4,9,14-17H2,1-3H3. The zero-order chi connectivity index (χ0) is 16.5. The summed E-state index contributed by atoms with van der Waals surface area (Å²) < 4.78 is 0. The van der Waals surface area contributed by atoms with Gasteiger partial charge >= 0.3 is 0 Å². The molecule has 0 aliphatic carbocycles. The molecule has 0 fully saturated rings. The Balaban J connectivity index is 2.04. The first-order valence-corrected chi connectivity index (χ1v) is 8.71. The van der Waals surface area contributed by atoms with Crippen LogP contribution in [-0.2, 0) is 12.8 Å². The van der Waals surface area contributed by atoms with Gasteiger partial charge in [0.2, 0.25) is 0 Å². The molecule has 0 aliphatic heterocycles. The van der Waals surface area contributed by atoms with Gasteiger partial charge in [-0.15, -0.1) is 0 Å². The van der Waals surface area contributed by atoms with Gasteiger partial charge in [0.1, 0.15) is 0 Å². The average Bonchev–Trinajstić information content (AvgIpc) is 2.58. The second kappa shape index (κ2) is 9.36. The van der Waals surface area contributed by atoms with Crippen molar-refractivity contribution in [2.24, 2.45) is 0 Å². The molecule has 2 heteroatoms. The van der Waals surface area contributed by atoms with Crippen molar-refractivity contribution in [2.75, 3.05) is 38.6 Å². The summed E-state index contributed by atoms with van der Waals surface area (Å²) >= 11 is 0. The summed E-state index contributed by atoms with van der Waals surface area (Å²) in [4.78, 5) is 4.80. The molecule has 2 aromatic carbocycles. The van der Waals surface area contributed by atoms with Crippen molar-refractivity contribution in [3.05, 3.63) is 65.7 Å². The molecule has 2 nitrogen and oxygen atoms in total. The highest BCUT2D eigenvalue weighted by molar-refractivity contribution is 5.48. The lowest BCUT2D eigenvalue weighted by Crippen LogP contribution is -2.29. The Morgan fingerprint density at radius 2 is 1.52 bits per heavy atom. The number of hydrogen-bond acceptors (Lipinski definition) is 2. The van der Waals surface area contributed by atoms with Crippen LogP contribution in [0, 0.1) is 0 Å². The lowest BCUT2D eigenvalue weighted by Gasteiger charge is -2.26. The molecule has 0 atom stereocenters. The number of anilines is 1. The van der Waals surface area contributed by atoms with E-state index in [0.717, 1.165) is 32.5 Å². The Morgan fingerprint density at radius 1 is 0.783 bits per heavy atom. The summed E-state index contributed by atoms with van der Waals surface area (Å²) in [6, 6.07) is 19.8. The zero-order valence-electron chi connectivity index (χ0n) is 14.8. The van der Waals surface area contributed by atoms with Crippen LogP contribution in [0.3, 0.4) is 0 Å². The highest BCUT2D eigenvalue weighted by Crippen LogP contribution is 2.18. The first-order valence-electron chi connectivity index (χ1n) is 8.71. The molecule has 0 aliphatic rings. The van der Waals surface area contributed by atoms with Crippen LogP contribution < -0.4 is 4.90 Å². The van der Waals surface area contributed by atoms with E-state index in [1.54, 1.807) is 0 Å². The summed E-state index contributed by atoms with van der Waals surface area (Å²) in [5, 5.41) is 0. The van der Waals surface area contributed by atoms with Crippen LogP contribution >= 0.6 is 0 Å². The SMILES string of the molecule is CCc1cccc(N(CCCN(C)C)CCc2ccccc2)c1. The highest BCUT2D eigenvalue weighted by Gasteiger charge is 2.08. The van der Waals surface area contributed by atoms with E-state index in [0.29, 0.717) is 0 Å². The van der Waals surface area contributed by atoms with Gasteiger partial charge < -0.3 is 9.80 Å². The molecule has 2 rings (SSSR count). The van der Waals surface area contributed by atoms with Gasteiger partial charge in [-0.3, -0.25) is 0 Å². The van der Waals surface area contributed by atoms with Gasteiger partial charge in [0, 0.05) is 18.8 Å². The third-order valence-corrected chi connectivity index (χ3v) is 4.23. The Labute approximate surface area is 141 Å². The quantitative estimate of drug-likeness (QED) is 0.683. The molecule has 2 aromatic rings. The molecule has 0 N–H and O–H groups in total. The maximum atomic E-state index is 2.54. The zero-order valence-corrected chi connectivity index (χ0v) is 14.8. The summed E-state index contributed by atoms with van der Waals surface area (Å²) in [5.41, 5.74) is 4.19. The lowest BCUT2D eigenvalue weighted by molar-refractivity contribution is 0.400. The maximum Gasteiger partial charge on any atom is 0.0369 e. The van der Waals surface area contributed by atoms with Crippen molar-refractivity contribution in [1.82, 2.24) is 4.90 Å². The monoisotopic (exact) mass is 310 g/mol. The van der Waals surface area contributed by atoms with Gasteiger partial charge in [0.15, 0.2) is 0 Å². The van der Waals surface area contributed by atoms with Gasteiger partial charge in [-0.05, 0) is 63.2 Å². The molecular formula is C21H30N2. The van der Waals surface area contributed by atoms with Crippen molar-refractivity contribution in [3.63, 3.8) is 0 Å². The van der Waals surface area contributed by atoms with Gasteiger partial charge in [-0.1, -0.05) is 49.4 Å². The molecule has 0 aromatic heterocycles. The van der Waals surface area contributed by atoms with Gasteiger partial charge in [0.25, 0.3) is 0 Å². The molecule has 0 saturated heterocycles. The largest absolute Gasteiger partial charge is 0.371 e. The van der Waals surface area contributed by atoms with E-state index in [1.807, 2.05) is 0 Å². The normalized spacial score (nSPS) is 11.0. The minimum absolute atomic E-state index is 1.07. The third kappa shape index (κ3) is 6.07. The van der Waals surface area contributed by atoms with Crippen LogP contribution in [-0.4, -0.2) is 38.6 Å². The van der Waals surface area contributed by atoms with E-state index in [4.69, 9.17) is 0 Å². The number of benzene rings is 2. The van der Waals surface area contributed by atoms with E-state index in [-0.39, 0.29) is 0 Å². The predicted octanol–water partition coefficient (Wildman–Crippen LogP) is 4.25. The third-order valence-electron chi connectivity index (χ3n) is 4.23. The van der Waals surface area contributed by atoms with Crippen LogP contribution in [0.1, 0.15) is 24.5 Å². The molecule has 0 radical (unpaired) electrons. The second-order valence-corrected chi connectivity index (χ2v) is 6.40. The van der Waals surface area contributed by atoms with Crippen LogP contribution in [0.5, 0.6) is 0 Å². The molecule has 0 heterocycles. The molecule has 23 heavy (non-hydrogen) atoms. The molecule has 0 amide bonds. The average molecular weight is 310 g/mol. The summed E-state index contributed by atoms with van der Waals surface area (Å²) in [5.74, 6) is 0. The fourth-order valence-corrected chi connectivity index (χ4v) is 2.83. The van der Waals surface area contributed by atoms with E-state index in [1.165, 1.54) is 23.2 Å². The van der Waals surface area contributed by atoms with Crippen molar-refractivity contribution in [1.29, 1.82) is 0 Å². The van der Waals surface area contributed by atoms with E-state index in [2.05, 4.69) is 85.4 Å². The van der Waals surface area contributed by atoms with Crippen molar-refractivity contribution in [2.45, 2.75) is 26.2 Å². The molecule has 0 spiro atoms. The number of rotatable bonds is 9. The van der Waals surface area contributed by atoms with Gasteiger partial charge in [-0.2, -0.15) is 0 Å². The van der Waals surface area contributed by atoms with Crippen molar-refractivity contribution < 1.29 is 0 Å². The van der Waals surface area contributed by atoms with Crippen LogP contribution in [0.2, 0.25) is 0 Å². The second-order valence-electron chi connectivity index (χ2n) is 6.40. The Bertz CT molecular complexity index is 563. The van der Waals surface area contributed by atoms with Crippen LogP contribution in [0.25, 0.3) is 0 Å².